The average Bonchev–Trinajstić information content (AvgIpc) is 2.81. The summed E-state index contributed by atoms with van der Waals surface area (Å²) < 4.78 is 7.65. The van der Waals surface area contributed by atoms with E-state index in [4.69, 9.17) is 4.74 Å². The summed E-state index contributed by atoms with van der Waals surface area (Å²) in [6, 6.07) is 9.49. The normalized spacial score (nSPS) is 11.6. The molecule has 0 saturated heterocycles. The molecule has 4 rings (SSSR count). The number of pyridine rings is 3. The zero-order chi connectivity index (χ0) is 26.2. The van der Waals surface area contributed by atoms with Gasteiger partial charge in [0, 0.05) is 29.8 Å². The van der Waals surface area contributed by atoms with Gasteiger partial charge in [-0.1, -0.05) is 6.07 Å². The third-order valence-corrected chi connectivity index (χ3v) is 5.98. The van der Waals surface area contributed by atoms with Crippen LogP contribution in [0.2, 0.25) is 0 Å². The highest BCUT2D eigenvalue weighted by Gasteiger charge is 2.22. The molecule has 4 heterocycles. The molecule has 0 amide bonds. The predicted octanol–water partition coefficient (Wildman–Crippen LogP) is 4.43. The molecule has 0 saturated carbocycles. The smallest absolute Gasteiger partial charge is 0.261 e. The van der Waals surface area contributed by atoms with Gasteiger partial charge in [0.05, 0.1) is 28.3 Å². The summed E-state index contributed by atoms with van der Waals surface area (Å²) in [5.74, 6) is 0.839. The molecule has 8 nitrogen and oxygen atoms in total. The number of aromatic nitrogens is 5. The summed E-state index contributed by atoms with van der Waals surface area (Å²) in [6.07, 6.45) is 3.40. The fourth-order valence-corrected chi connectivity index (χ4v) is 3.96. The molecule has 4 aromatic rings. The molecule has 0 fully saturated rings. The molecule has 0 aromatic carbocycles. The number of nitrogens with zero attached hydrogens (tertiary/aromatic N) is 5. The molecule has 4 aromatic heterocycles. The van der Waals surface area contributed by atoms with Gasteiger partial charge in [0.15, 0.2) is 5.82 Å². The Bertz CT molecular complexity index is 1500. The van der Waals surface area contributed by atoms with Gasteiger partial charge in [0.1, 0.15) is 18.0 Å². The van der Waals surface area contributed by atoms with Crippen molar-refractivity contribution >= 4 is 0 Å². The molecule has 186 valence electrons. The number of rotatable bonds is 6. The van der Waals surface area contributed by atoms with E-state index < -0.39 is 5.60 Å². The second kappa shape index (κ2) is 9.62. The third-order valence-electron chi connectivity index (χ3n) is 5.98. The minimum Gasteiger partial charge on any atom is -0.487 e. The lowest BCUT2D eigenvalue weighted by Gasteiger charge is -2.19. The molecule has 1 N–H and O–H groups in total. The van der Waals surface area contributed by atoms with Crippen molar-refractivity contribution in [2.75, 3.05) is 0 Å². The summed E-state index contributed by atoms with van der Waals surface area (Å²) in [5.41, 5.74) is 5.17. The first-order valence-electron chi connectivity index (χ1n) is 11.8. The minimum absolute atomic E-state index is 0.168. The molecule has 8 heteroatoms. The lowest BCUT2D eigenvalue weighted by Crippen LogP contribution is -2.24. The molecule has 36 heavy (non-hydrogen) atoms. The van der Waals surface area contributed by atoms with Gasteiger partial charge in [-0.2, -0.15) is 0 Å². The van der Waals surface area contributed by atoms with Crippen LogP contribution in [0.5, 0.6) is 5.75 Å². The first-order chi connectivity index (χ1) is 17.0. The zero-order valence-corrected chi connectivity index (χ0v) is 21.7. The number of aryl methyl sites for hydroxylation is 4. The summed E-state index contributed by atoms with van der Waals surface area (Å²) in [6.45, 7) is 12.9. The summed E-state index contributed by atoms with van der Waals surface area (Å²) in [5, 5.41) is 10.4. The Balaban J connectivity index is 1.75. The van der Waals surface area contributed by atoms with Gasteiger partial charge in [0.25, 0.3) is 5.56 Å². The molecule has 0 spiro atoms. The Hall–Kier alpha value is -3.91. The second-order valence-electron chi connectivity index (χ2n) is 9.61. The van der Waals surface area contributed by atoms with E-state index >= 15 is 0 Å². The van der Waals surface area contributed by atoms with E-state index in [1.54, 1.807) is 37.7 Å². The molecule has 0 atom stereocenters. The summed E-state index contributed by atoms with van der Waals surface area (Å²) >= 11 is 0. The maximum atomic E-state index is 13.5. The van der Waals surface area contributed by atoms with E-state index in [9.17, 15) is 9.90 Å². The van der Waals surface area contributed by atoms with Gasteiger partial charge in [0.2, 0.25) is 0 Å². The predicted molar refractivity (Wildman–Crippen MR) is 138 cm³/mol. The highest BCUT2D eigenvalue weighted by molar-refractivity contribution is 5.62. The van der Waals surface area contributed by atoms with Crippen LogP contribution in [-0.4, -0.2) is 29.6 Å². The molecule has 0 unspecified atom stereocenters. The topological polar surface area (TPSA) is 103 Å². The van der Waals surface area contributed by atoms with Gasteiger partial charge < -0.3 is 9.84 Å². The van der Waals surface area contributed by atoms with Crippen LogP contribution in [0.15, 0.2) is 47.5 Å². The standard InChI is InChI=1S/C28H31N5O3/c1-16-13-29-22(25-17(2)14-30-27(32-25)28(6,7)35)12-23(16)33-19(4)11-24(20(5)26(33)34)36-15-21-10-8-9-18(3)31-21/h8-14,35H,15H2,1-7H3. The van der Waals surface area contributed by atoms with E-state index in [1.165, 1.54) is 0 Å². The third kappa shape index (κ3) is 5.04. The highest BCUT2D eigenvalue weighted by Crippen LogP contribution is 2.27. The van der Waals surface area contributed by atoms with Gasteiger partial charge in [-0.05, 0) is 77.8 Å². The van der Waals surface area contributed by atoms with Gasteiger partial charge >= 0.3 is 0 Å². The van der Waals surface area contributed by atoms with Crippen LogP contribution < -0.4 is 10.3 Å². The number of hydrogen-bond donors (Lipinski definition) is 1. The maximum absolute atomic E-state index is 13.5. The molecule has 0 bridgehead atoms. The van der Waals surface area contributed by atoms with Crippen LogP contribution in [0.4, 0.5) is 0 Å². The summed E-state index contributed by atoms with van der Waals surface area (Å²) in [7, 11) is 0. The molecular formula is C28H31N5O3. The number of ether oxygens (including phenoxy) is 1. The Kier molecular flexibility index (Phi) is 6.73. The zero-order valence-electron chi connectivity index (χ0n) is 21.7. The van der Waals surface area contributed by atoms with Gasteiger partial charge in [-0.15, -0.1) is 0 Å². The van der Waals surface area contributed by atoms with Crippen molar-refractivity contribution in [3.8, 4) is 22.8 Å². The van der Waals surface area contributed by atoms with Gasteiger partial charge in [-0.25, -0.2) is 9.97 Å². The van der Waals surface area contributed by atoms with Crippen molar-refractivity contribution in [2.45, 2.75) is 60.7 Å². The lowest BCUT2D eigenvalue weighted by molar-refractivity contribution is 0.0688. The number of hydrogen-bond acceptors (Lipinski definition) is 7. The number of aliphatic hydroxyl groups is 1. The molecule has 0 aliphatic rings. The quantitative estimate of drug-likeness (QED) is 0.431. The largest absolute Gasteiger partial charge is 0.487 e. The van der Waals surface area contributed by atoms with Crippen LogP contribution in [0.3, 0.4) is 0 Å². The van der Waals surface area contributed by atoms with Crippen LogP contribution in [-0.2, 0) is 12.2 Å². The van der Waals surface area contributed by atoms with E-state index in [0.29, 0.717) is 34.2 Å². The van der Waals surface area contributed by atoms with Crippen molar-refractivity contribution in [3.63, 3.8) is 0 Å². The van der Waals surface area contributed by atoms with E-state index in [0.717, 1.165) is 28.2 Å². The maximum Gasteiger partial charge on any atom is 0.261 e. The van der Waals surface area contributed by atoms with Crippen molar-refractivity contribution in [1.29, 1.82) is 0 Å². The molecular weight excluding hydrogens is 454 g/mol. The van der Waals surface area contributed by atoms with Crippen LogP contribution in [0.1, 0.15) is 53.4 Å². The van der Waals surface area contributed by atoms with Crippen LogP contribution in [0, 0.1) is 34.6 Å². The first-order valence-corrected chi connectivity index (χ1v) is 11.8. The van der Waals surface area contributed by atoms with E-state index in [1.807, 2.05) is 58.0 Å². The fraction of sp³-hybridized carbons (Fsp3) is 0.321. The van der Waals surface area contributed by atoms with Crippen molar-refractivity contribution in [3.05, 3.63) is 92.7 Å². The van der Waals surface area contributed by atoms with Crippen molar-refractivity contribution < 1.29 is 9.84 Å². The Morgan fingerprint density at radius 1 is 0.972 bits per heavy atom. The lowest BCUT2D eigenvalue weighted by atomic mass is 10.1. The van der Waals surface area contributed by atoms with Crippen LogP contribution in [0.25, 0.3) is 17.1 Å². The Morgan fingerprint density at radius 3 is 2.39 bits per heavy atom. The fourth-order valence-electron chi connectivity index (χ4n) is 3.96. The Labute approximate surface area is 210 Å². The molecule has 0 radical (unpaired) electrons. The van der Waals surface area contributed by atoms with E-state index in [-0.39, 0.29) is 12.2 Å². The highest BCUT2D eigenvalue weighted by atomic mass is 16.5. The SMILES string of the molecule is Cc1cccc(COc2cc(C)n(-c3cc(-c4nc(C(C)(C)O)ncc4C)ncc3C)c(=O)c2C)n1. The summed E-state index contributed by atoms with van der Waals surface area (Å²) in [4.78, 5) is 31.4. The molecule has 0 aliphatic heterocycles. The van der Waals surface area contributed by atoms with Gasteiger partial charge in [-0.3, -0.25) is 19.3 Å². The minimum atomic E-state index is -1.19. The molecule has 0 aliphatic carbocycles. The van der Waals surface area contributed by atoms with Crippen LogP contribution >= 0.6 is 0 Å². The monoisotopic (exact) mass is 485 g/mol. The van der Waals surface area contributed by atoms with Crippen molar-refractivity contribution in [1.82, 2.24) is 24.5 Å². The first kappa shape index (κ1) is 25.2. The Morgan fingerprint density at radius 2 is 1.69 bits per heavy atom. The average molecular weight is 486 g/mol. The second-order valence-corrected chi connectivity index (χ2v) is 9.61. The van der Waals surface area contributed by atoms with E-state index in [2.05, 4.69) is 19.9 Å². The van der Waals surface area contributed by atoms with Crippen molar-refractivity contribution in [2.24, 2.45) is 0 Å².